The highest BCUT2D eigenvalue weighted by Crippen LogP contribution is 2.30. The van der Waals surface area contributed by atoms with Gasteiger partial charge in [0.1, 0.15) is 11.5 Å². The quantitative estimate of drug-likeness (QED) is 0.321. The summed E-state index contributed by atoms with van der Waals surface area (Å²) >= 11 is 0. The van der Waals surface area contributed by atoms with Crippen LogP contribution in [0.15, 0.2) is 70.2 Å². The number of carbonyl (C=O) groups excluding carboxylic acids is 2. The Labute approximate surface area is 180 Å². The Morgan fingerprint density at radius 2 is 1.84 bits per heavy atom. The van der Waals surface area contributed by atoms with Crippen LogP contribution in [-0.2, 0) is 15.7 Å². The minimum Gasteiger partial charge on any atom is -0.465 e. The number of carbonyl (C=O) groups is 2. The van der Waals surface area contributed by atoms with Crippen LogP contribution in [0.3, 0.4) is 0 Å². The molecule has 0 fully saturated rings. The molecule has 1 amide bonds. The van der Waals surface area contributed by atoms with E-state index in [1.165, 1.54) is 25.5 Å². The van der Waals surface area contributed by atoms with Crippen molar-refractivity contribution in [1.29, 1.82) is 0 Å². The maximum Gasteiger partial charge on any atom is 0.416 e. The van der Waals surface area contributed by atoms with Crippen molar-refractivity contribution in [1.82, 2.24) is 5.43 Å². The molecule has 0 atom stereocenters. The van der Waals surface area contributed by atoms with E-state index < -0.39 is 23.6 Å². The highest BCUT2D eigenvalue weighted by Gasteiger charge is 2.30. The number of nitrogens with zero attached hydrogens (tertiary/aromatic N) is 1. The van der Waals surface area contributed by atoms with Crippen LogP contribution in [0.1, 0.15) is 21.7 Å². The highest BCUT2D eigenvalue weighted by molar-refractivity contribution is 5.90. The Kier molecular flexibility index (Phi) is 6.93. The number of anilines is 1. The van der Waals surface area contributed by atoms with Crippen molar-refractivity contribution in [2.75, 3.05) is 19.0 Å². The number of esters is 1. The molecule has 0 saturated carbocycles. The van der Waals surface area contributed by atoms with Crippen molar-refractivity contribution in [3.05, 3.63) is 77.6 Å². The third-order valence-corrected chi connectivity index (χ3v) is 4.24. The van der Waals surface area contributed by atoms with Gasteiger partial charge in [0, 0.05) is 11.3 Å². The average molecular weight is 445 g/mol. The van der Waals surface area contributed by atoms with E-state index >= 15 is 0 Å². The molecule has 0 spiro atoms. The fourth-order valence-corrected chi connectivity index (χ4v) is 2.66. The Balaban J connectivity index is 1.52. The second-order valence-electron chi connectivity index (χ2n) is 6.50. The van der Waals surface area contributed by atoms with Gasteiger partial charge >= 0.3 is 12.1 Å². The van der Waals surface area contributed by atoms with Crippen molar-refractivity contribution < 1.29 is 31.9 Å². The number of nitrogens with one attached hydrogen (secondary N) is 2. The third-order valence-electron chi connectivity index (χ3n) is 4.24. The molecule has 0 aliphatic carbocycles. The molecule has 0 radical (unpaired) electrons. The van der Waals surface area contributed by atoms with Crippen LogP contribution in [0.5, 0.6) is 0 Å². The normalized spacial score (nSPS) is 11.4. The van der Waals surface area contributed by atoms with E-state index in [9.17, 15) is 22.8 Å². The minimum atomic E-state index is -4.46. The van der Waals surface area contributed by atoms with E-state index in [0.29, 0.717) is 17.1 Å². The zero-order valence-corrected chi connectivity index (χ0v) is 16.8. The molecule has 2 aromatic carbocycles. The lowest BCUT2D eigenvalue weighted by Crippen LogP contribution is -2.26. The molecule has 0 aliphatic rings. The lowest BCUT2D eigenvalue weighted by atomic mass is 10.1. The van der Waals surface area contributed by atoms with Gasteiger partial charge in [0.2, 0.25) is 0 Å². The molecule has 2 N–H and O–H groups in total. The molecular formula is C22H18F3N3O4. The molecule has 3 rings (SSSR count). The number of amides is 1. The number of hydrogen-bond donors (Lipinski definition) is 2. The maximum absolute atomic E-state index is 12.7. The molecule has 7 nitrogen and oxygen atoms in total. The SMILES string of the molecule is COC(=O)c1ccc(-c2ccc(/C=N\NC(=O)CNc3cccc(C(F)(F)F)c3)o2)cc1. The van der Waals surface area contributed by atoms with E-state index in [1.807, 2.05) is 0 Å². The van der Waals surface area contributed by atoms with Crippen molar-refractivity contribution in [2.24, 2.45) is 5.10 Å². The first-order valence-corrected chi connectivity index (χ1v) is 9.28. The first kappa shape index (κ1) is 22.6. The first-order valence-electron chi connectivity index (χ1n) is 9.28. The van der Waals surface area contributed by atoms with E-state index in [1.54, 1.807) is 36.4 Å². The number of methoxy groups -OCH3 is 1. The molecule has 32 heavy (non-hydrogen) atoms. The lowest BCUT2D eigenvalue weighted by molar-refractivity contribution is -0.137. The summed E-state index contributed by atoms with van der Waals surface area (Å²) in [5.41, 5.74) is 2.74. The number of hydrogen-bond acceptors (Lipinski definition) is 6. The monoisotopic (exact) mass is 445 g/mol. The Morgan fingerprint density at radius 1 is 1.09 bits per heavy atom. The molecule has 0 saturated heterocycles. The maximum atomic E-state index is 12.7. The van der Waals surface area contributed by atoms with Gasteiger partial charge in [-0.1, -0.05) is 18.2 Å². The van der Waals surface area contributed by atoms with Crippen LogP contribution in [-0.4, -0.2) is 31.7 Å². The third kappa shape index (κ3) is 5.97. The van der Waals surface area contributed by atoms with Gasteiger partial charge in [-0.05, 0) is 42.5 Å². The summed E-state index contributed by atoms with van der Waals surface area (Å²) < 4.78 is 48.4. The van der Waals surface area contributed by atoms with Crippen molar-refractivity contribution >= 4 is 23.8 Å². The van der Waals surface area contributed by atoms with Crippen LogP contribution < -0.4 is 10.7 Å². The average Bonchev–Trinajstić information content (AvgIpc) is 3.26. The predicted molar refractivity (Wildman–Crippen MR) is 111 cm³/mol. The van der Waals surface area contributed by atoms with Gasteiger partial charge in [0.05, 0.1) is 31.0 Å². The summed E-state index contributed by atoms with van der Waals surface area (Å²) in [7, 11) is 1.30. The number of furan rings is 1. The first-order chi connectivity index (χ1) is 15.3. The molecule has 1 aromatic heterocycles. The molecule has 0 bridgehead atoms. The summed E-state index contributed by atoms with van der Waals surface area (Å²) in [6.45, 7) is -0.269. The van der Waals surface area contributed by atoms with Crippen molar-refractivity contribution in [3.8, 4) is 11.3 Å². The summed E-state index contributed by atoms with van der Waals surface area (Å²) in [5, 5.41) is 6.37. The van der Waals surface area contributed by atoms with Crippen LogP contribution in [0.2, 0.25) is 0 Å². The Bertz CT molecular complexity index is 1120. The summed E-state index contributed by atoms with van der Waals surface area (Å²) in [5.74, 6) is -0.102. The Morgan fingerprint density at radius 3 is 2.53 bits per heavy atom. The number of rotatable bonds is 7. The zero-order chi connectivity index (χ0) is 23.1. The molecule has 0 unspecified atom stereocenters. The fourth-order valence-electron chi connectivity index (χ4n) is 2.66. The number of ether oxygens (including phenoxy) is 1. The lowest BCUT2D eigenvalue weighted by Gasteiger charge is -2.09. The van der Waals surface area contributed by atoms with Crippen molar-refractivity contribution in [3.63, 3.8) is 0 Å². The largest absolute Gasteiger partial charge is 0.465 e. The van der Waals surface area contributed by atoms with E-state index in [0.717, 1.165) is 17.7 Å². The topological polar surface area (TPSA) is 92.9 Å². The van der Waals surface area contributed by atoms with E-state index in [2.05, 4.69) is 20.6 Å². The number of benzene rings is 2. The predicted octanol–water partition coefficient (Wildman–Crippen LogP) is 4.31. The van der Waals surface area contributed by atoms with Crippen LogP contribution in [0, 0.1) is 0 Å². The van der Waals surface area contributed by atoms with Gasteiger partial charge < -0.3 is 14.5 Å². The minimum absolute atomic E-state index is 0.160. The van der Waals surface area contributed by atoms with E-state index in [4.69, 9.17) is 4.42 Å². The van der Waals surface area contributed by atoms with Gasteiger partial charge in [-0.15, -0.1) is 0 Å². The van der Waals surface area contributed by atoms with Crippen LogP contribution in [0.4, 0.5) is 18.9 Å². The zero-order valence-electron chi connectivity index (χ0n) is 16.8. The molecule has 3 aromatic rings. The molecule has 10 heteroatoms. The molecule has 1 heterocycles. The van der Waals surface area contributed by atoms with Gasteiger partial charge in [-0.3, -0.25) is 4.79 Å². The molecule has 0 aliphatic heterocycles. The second-order valence-corrected chi connectivity index (χ2v) is 6.50. The van der Waals surface area contributed by atoms with Crippen molar-refractivity contribution in [2.45, 2.75) is 6.18 Å². The van der Waals surface area contributed by atoms with Crippen LogP contribution >= 0.6 is 0 Å². The standard InChI is InChI=1S/C22H18F3N3O4/c1-31-21(30)15-7-5-14(6-8-15)19-10-9-18(32-19)12-27-28-20(29)13-26-17-4-2-3-16(11-17)22(23,24)25/h2-12,26H,13H2,1H3,(H,28,29)/b27-12-. The summed E-state index contributed by atoms with van der Waals surface area (Å²) in [6.07, 6.45) is -3.18. The molecular weight excluding hydrogens is 427 g/mol. The van der Waals surface area contributed by atoms with Gasteiger partial charge in [-0.25, -0.2) is 10.2 Å². The summed E-state index contributed by atoms with van der Waals surface area (Å²) in [6, 6.07) is 14.5. The second kappa shape index (κ2) is 9.82. The van der Waals surface area contributed by atoms with Crippen LogP contribution in [0.25, 0.3) is 11.3 Å². The van der Waals surface area contributed by atoms with Gasteiger partial charge in [0.25, 0.3) is 5.91 Å². The van der Waals surface area contributed by atoms with Gasteiger partial charge in [-0.2, -0.15) is 18.3 Å². The smallest absolute Gasteiger partial charge is 0.416 e. The molecule has 166 valence electrons. The number of halogens is 3. The fraction of sp³-hybridized carbons (Fsp3) is 0.136. The van der Waals surface area contributed by atoms with Gasteiger partial charge in [0.15, 0.2) is 0 Å². The number of alkyl halides is 3. The number of hydrazone groups is 1. The highest BCUT2D eigenvalue weighted by atomic mass is 19.4. The Hall–Kier alpha value is -4.08. The summed E-state index contributed by atoms with van der Waals surface area (Å²) in [4.78, 5) is 23.3. The van der Waals surface area contributed by atoms with E-state index in [-0.39, 0.29) is 12.2 Å².